The number of aryl methyl sites for hydroxylation is 1. The molecule has 0 atom stereocenters. The Kier molecular flexibility index (Phi) is 7.83. The molecule has 1 aromatic rings. The van der Waals surface area contributed by atoms with Crippen molar-refractivity contribution >= 4 is 10.0 Å². The average molecular weight is 320 g/mol. The average Bonchev–Trinajstić information content (AvgIpc) is 2.80. The van der Waals surface area contributed by atoms with Crippen LogP contribution in [0.5, 0.6) is 0 Å². The van der Waals surface area contributed by atoms with Gasteiger partial charge in [0.05, 0.1) is 13.2 Å². The molecule has 9 heteroatoms. The number of aromatic amines is 1. The molecule has 122 valence electrons. The van der Waals surface area contributed by atoms with E-state index in [1.54, 1.807) is 21.1 Å². The van der Waals surface area contributed by atoms with Gasteiger partial charge in [-0.15, -0.1) is 0 Å². The SMILES string of the molecule is CNCc1c(S(=O)(=O)NCCCOCCOC)n[nH]c1C. The largest absolute Gasteiger partial charge is 0.382 e. The summed E-state index contributed by atoms with van der Waals surface area (Å²) < 4.78 is 37.0. The molecule has 0 saturated heterocycles. The number of methoxy groups -OCH3 is 1. The molecule has 0 saturated carbocycles. The third kappa shape index (κ3) is 5.71. The molecule has 0 aliphatic carbocycles. The lowest BCUT2D eigenvalue weighted by Gasteiger charge is -2.07. The zero-order valence-corrected chi connectivity index (χ0v) is 13.5. The minimum absolute atomic E-state index is 0.0506. The smallest absolute Gasteiger partial charge is 0.260 e. The fraction of sp³-hybridized carbons (Fsp3) is 0.750. The summed E-state index contributed by atoms with van der Waals surface area (Å²) in [5.74, 6) is 0. The molecule has 3 N–H and O–H groups in total. The summed E-state index contributed by atoms with van der Waals surface area (Å²) in [6.45, 7) is 4.07. The van der Waals surface area contributed by atoms with E-state index in [2.05, 4.69) is 20.2 Å². The molecule has 0 radical (unpaired) electrons. The maximum atomic E-state index is 12.2. The highest BCUT2D eigenvalue weighted by atomic mass is 32.2. The molecule has 1 aromatic heterocycles. The maximum Gasteiger partial charge on any atom is 0.260 e. The Hall–Kier alpha value is -1.00. The highest BCUT2D eigenvalue weighted by molar-refractivity contribution is 7.89. The molecular formula is C12H24N4O4S. The fourth-order valence-corrected chi connectivity index (χ4v) is 3.00. The van der Waals surface area contributed by atoms with E-state index in [-0.39, 0.29) is 5.03 Å². The number of sulfonamides is 1. The van der Waals surface area contributed by atoms with E-state index in [0.717, 1.165) is 5.69 Å². The molecule has 8 nitrogen and oxygen atoms in total. The molecule has 0 amide bonds. The lowest BCUT2D eigenvalue weighted by atomic mass is 10.3. The van der Waals surface area contributed by atoms with Crippen LogP contribution >= 0.6 is 0 Å². The van der Waals surface area contributed by atoms with Crippen LogP contribution in [0.25, 0.3) is 0 Å². The first-order valence-corrected chi connectivity index (χ1v) is 8.26. The monoisotopic (exact) mass is 320 g/mol. The lowest BCUT2D eigenvalue weighted by molar-refractivity contribution is 0.0699. The summed E-state index contributed by atoms with van der Waals surface area (Å²) in [5.41, 5.74) is 1.40. The first kappa shape index (κ1) is 18.1. The Morgan fingerprint density at radius 2 is 2.05 bits per heavy atom. The van der Waals surface area contributed by atoms with Crippen LogP contribution in [0.4, 0.5) is 0 Å². The van der Waals surface area contributed by atoms with Crippen LogP contribution in [-0.2, 0) is 26.0 Å². The molecule has 0 aliphatic rings. The third-order valence-corrected chi connectivity index (χ3v) is 4.26. The van der Waals surface area contributed by atoms with Crippen LogP contribution in [0.15, 0.2) is 5.03 Å². The van der Waals surface area contributed by atoms with Crippen LogP contribution < -0.4 is 10.0 Å². The van der Waals surface area contributed by atoms with Crippen molar-refractivity contribution in [2.24, 2.45) is 0 Å². The van der Waals surface area contributed by atoms with Crippen molar-refractivity contribution in [2.45, 2.75) is 24.9 Å². The minimum atomic E-state index is -3.60. The summed E-state index contributed by atoms with van der Waals surface area (Å²) in [6, 6.07) is 0. The van der Waals surface area contributed by atoms with Crippen molar-refractivity contribution in [1.29, 1.82) is 0 Å². The quantitative estimate of drug-likeness (QED) is 0.486. The Balaban J connectivity index is 2.47. The van der Waals surface area contributed by atoms with Gasteiger partial charge in [-0.25, -0.2) is 13.1 Å². The Morgan fingerprint density at radius 3 is 2.71 bits per heavy atom. The van der Waals surface area contributed by atoms with Crippen molar-refractivity contribution < 1.29 is 17.9 Å². The Morgan fingerprint density at radius 1 is 1.29 bits per heavy atom. The van der Waals surface area contributed by atoms with E-state index in [1.165, 1.54) is 0 Å². The van der Waals surface area contributed by atoms with Gasteiger partial charge in [-0.1, -0.05) is 0 Å². The van der Waals surface area contributed by atoms with E-state index in [0.29, 0.717) is 44.9 Å². The van der Waals surface area contributed by atoms with E-state index in [9.17, 15) is 8.42 Å². The van der Waals surface area contributed by atoms with E-state index in [4.69, 9.17) is 9.47 Å². The molecule has 1 heterocycles. The van der Waals surface area contributed by atoms with Gasteiger partial charge in [0.2, 0.25) is 0 Å². The number of H-pyrrole nitrogens is 1. The van der Waals surface area contributed by atoms with Crippen molar-refractivity contribution in [3.05, 3.63) is 11.3 Å². The Labute approximate surface area is 125 Å². The molecular weight excluding hydrogens is 296 g/mol. The van der Waals surface area contributed by atoms with Gasteiger partial charge in [-0.3, -0.25) is 5.10 Å². The number of hydrogen-bond acceptors (Lipinski definition) is 6. The first-order chi connectivity index (χ1) is 10.0. The minimum Gasteiger partial charge on any atom is -0.382 e. The first-order valence-electron chi connectivity index (χ1n) is 6.77. The number of ether oxygens (including phenoxy) is 2. The van der Waals surface area contributed by atoms with Crippen LogP contribution in [0, 0.1) is 6.92 Å². The van der Waals surface area contributed by atoms with Crippen LogP contribution in [-0.4, -0.2) is 59.1 Å². The molecule has 21 heavy (non-hydrogen) atoms. The molecule has 0 fully saturated rings. The Bertz CT molecular complexity index is 515. The predicted molar refractivity (Wildman–Crippen MR) is 78.6 cm³/mol. The zero-order chi connectivity index (χ0) is 15.7. The molecule has 1 rings (SSSR count). The summed E-state index contributed by atoms with van der Waals surface area (Å²) in [6.07, 6.45) is 0.591. The van der Waals surface area contributed by atoms with E-state index in [1.807, 2.05) is 0 Å². The summed E-state index contributed by atoms with van der Waals surface area (Å²) >= 11 is 0. The van der Waals surface area contributed by atoms with Crippen molar-refractivity contribution in [2.75, 3.05) is 40.5 Å². The molecule has 0 spiro atoms. The van der Waals surface area contributed by atoms with Crippen molar-refractivity contribution in [3.8, 4) is 0 Å². The molecule has 0 aromatic carbocycles. The second-order valence-corrected chi connectivity index (χ2v) is 6.20. The van der Waals surface area contributed by atoms with Gasteiger partial charge in [0.15, 0.2) is 5.03 Å². The van der Waals surface area contributed by atoms with Gasteiger partial charge < -0.3 is 14.8 Å². The predicted octanol–water partition coefficient (Wildman–Crippen LogP) is -0.231. The fourth-order valence-electron chi connectivity index (χ4n) is 1.73. The molecule has 0 bridgehead atoms. The second-order valence-electron chi connectivity index (χ2n) is 4.52. The van der Waals surface area contributed by atoms with Crippen LogP contribution in [0.1, 0.15) is 17.7 Å². The molecule has 0 aliphatic heterocycles. The summed E-state index contributed by atoms with van der Waals surface area (Å²) in [4.78, 5) is 0. The van der Waals surface area contributed by atoms with Crippen molar-refractivity contribution in [1.82, 2.24) is 20.2 Å². The number of rotatable bonds is 11. The third-order valence-electron chi connectivity index (χ3n) is 2.83. The highest BCUT2D eigenvalue weighted by Crippen LogP contribution is 2.15. The highest BCUT2D eigenvalue weighted by Gasteiger charge is 2.22. The number of hydrogen-bond donors (Lipinski definition) is 3. The van der Waals surface area contributed by atoms with Gasteiger partial charge in [0.1, 0.15) is 0 Å². The van der Waals surface area contributed by atoms with Gasteiger partial charge in [-0.05, 0) is 20.4 Å². The van der Waals surface area contributed by atoms with Crippen molar-refractivity contribution in [3.63, 3.8) is 0 Å². The number of nitrogens with zero attached hydrogens (tertiary/aromatic N) is 1. The van der Waals surface area contributed by atoms with Gasteiger partial charge in [0, 0.05) is 38.1 Å². The number of aromatic nitrogens is 2. The van der Waals surface area contributed by atoms with Gasteiger partial charge in [-0.2, -0.15) is 5.10 Å². The van der Waals surface area contributed by atoms with Crippen LogP contribution in [0.3, 0.4) is 0 Å². The lowest BCUT2D eigenvalue weighted by Crippen LogP contribution is -2.27. The number of nitrogens with one attached hydrogen (secondary N) is 3. The topological polar surface area (TPSA) is 105 Å². The van der Waals surface area contributed by atoms with Crippen LogP contribution in [0.2, 0.25) is 0 Å². The van der Waals surface area contributed by atoms with Gasteiger partial charge in [0.25, 0.3) is 10.0 Å². The molecule has 0 unspecified atom stereocenters. The second kappa shape index (κ2) is 9.11. The normalized spacial score (nSPS) is 12.0. The zero-order valence-electron chi connectivity index (χ0n) is 12.7. The summed E-state index contributed by atoms with van der Waals surface area (Å²) in [5, 5.41) is 9.57. The maximum absolute atomic E-state index is 12.2. The van der Waals surface area contributed by atoms with E-state index < -0.39 is 10.0 Å². The van der Waals surface area contributed by atoms with E-state index >= 15 is 0 Å². The van der Waals surface area contributed by atoms with Gasteiger partial charge >= 0.3 is 0 Å². The standard InChI is InChI=1S/C12H24N4O4S/c1-10-11(9-13-2)12(16-15-10)21(17,18)14-5-4-6-20-8-7-19-3/h13-14H,4-9H2,1-3H3,(H,15,16). The summed E-state index contributed by atoms with van der Waals surface area (Å²) in [7, 11) is -0.241.